The van der Waals surface area contributed by atoms with E-state index in [1.54, 1.807) is 7.11 Å². The minimum atomic E-state index is 0.648. The van der Waals surface area contributed by atoms with Gasteiger partial charge in [-0.1, -0.05) is 0 Å². The number of nitrogens with zero attached hydrogens (tertiary/aromatic N) is 1. The van der Waals surface area contributed by atoms with Crippen LogP contribution in [-0.2, 0) is 6.54 Å². The number of nitrogens with one attached hydrogen (secondary N) is 1. The Hall–Kier alpha value is -2.07. The highest BCUT2D eigenvalue weighted by atomic mass is 16.5. The van der Waals surface area contributed by atoms with Gasteiger partial charge >= 0.3 is 0 Å². The monoisotopic (exact) mass is 284 g/mol. The maximum absolute atomic E-state index is 5.81. The normalized spacial score (nSPS) is 14.0. The largest absolute Gasteiger partial charge is 0.497 e. The van der Waals surface area contributed by atoms with E-state index in [0.717, 1.165) is 23.6 Å². The Balaban J connectivity index is 1.66. The lowest BCUT2D eigenvalue weighted by atomic mass is 10.2. The fourth-order valence-corrected chi connectivity index (χ4v) is 2.13. The van der Waals surface area contributed by atoms with Crippen molar-refractivity contribution in [2.75, 3.05) is 7.11 Å². The molecule has 0 radical (unpaired) electrons. The standard InChI is InChI=1S/C17H20N2O2/c1-12-9-13(10-18-14-3-4-14)11-19-17(12)21-16-7-5-15(20-2)6-8-16/h5-9,11,14,18H,3-4,10H2,1-2H3. The summed E-state index contributed by atoms with van der Waals surface area (Å²) < 4.78 is 10.9. The Bertz CT molecular complexity index is 607. The van der Waals surface area contributed by atoms with Gasteiger partial charge in [-0.05, 0) is 55.7 Å². The van der Waals surface area contributed by atoms with Gasteiger partial charge in [0.1, 0.15) is 11.5 Å². The first-order valence-corrected chi connectivity index (χ1v) is 7.25. The Morgan fingerprint density at radius 1 is 1.19 bits per heavy atom. The zero-order valence-corrected chi connectivity index (χ0v) is 12.4. The molecule has 1 heterocycles. The molecule has 4 nitrogen and oxygen atoms in total. The van der Waals surface area contributed by atoms with Crippen molar-refractivity contribution in [3.05, 3.63) is 47.7 Å². The van der Waals surface area contributed by atoms with Crippen LogP contribution in [0.4, 0.5) is 0 Å². The van der Waals surface area contributed by atoms with Crippen LogP contribution in [0.1, 0.15) is 24.0 Å². The molecule has 0 amide bonds. The van der Waals surface area contributed by atoms with Crippen molar-refractivity contribution >= 4 is 0 Å². The number of hydrogen-bond acceptors (Lipinski definition) is 4. The summed E-state index contributed by atoms with van der Waals surface area (Å²) in [4.78, 5) is 4.42. The molecule has 1 aromatic carbocycles. The molecule has 0 atom stereocenters. The van der Waals surface area contributed by atoms with Gasteiger partial charge in [0.15, 0.2) is 0 Å². The Morgan fingerprint density at radius 2 is 1.90 bits per heavy atom. The van der Waals surface area contributed by atoms with Gasteiger partial charge in [0.25, 0.3) is 0 Å². The number of rotatable bonds is 6. The van der Waals surface area contributed by atoms with E-state index in [4.69, 9.17) is 9.47 Å². The lowest BCUT2D eigenvalue weighted by Crippen LogP contribution is -2.15. The third-order valence-corrected chi connectivity index (χ3v) is 3.53. The van der Waals surface area contributed by atoms with Crippen LogP contribution in [-0.4, -0.2) is 18.1 Å². The third-order valence-electron chi connectivity index (χ3n) is 3.53. The van der Waals surface area contributed by atoms with Gasteiger partial charge in [0.05, 0.1) is 7.11 Å². The van der Waals surface area contributed by atoms with Crippen LogP contribution in [0, 0.1) is 6.92 Å². The van der Waals surface area contributed by atoms with Crippen molar-refractivity contribution in [2.24, 2.45) is 0 Å². The highest BCUT2D eigenvalue weighted by molar-refractivity contribution is 5.36. The van der Waals surface area contributed by atoms with Gasteiger partial charge in [-0.15, -0.1) is 0 Å². The first-order valence-electron chi connectivity index (χ1n) is 7.25. The molecule has 0 spiro atoms. The number of pyridine rings is 1. The number of benzene rings is 1. The molecule has 1 aliphatic carbocycles. The molecule has 110 valence electrons. The van der Waals surface area contributed by atoms with Crippen molar-refractivity contribution < 1.29 is 9.47 Å². The van der Waals surface area contributed by atoms with Crippen LogP contribution in [0.2, 0.25) is 0 Å². The molecule has 1 N–H and O–H groups in total. The summed E-state index contributed by atoms with van der Waals surface area (Å²) >= 11 is 0. The predicted molar refractivity (Wildman–Crippen MR) is 81.9 cm³/mol. The van der Waals surface area contributed by atoms with Crippen LogP contribution in [0.5, 0.6) is 17.4 Å². The molecular weight excluding hydrogens is 264 g/mol. The smallest absolute Gasteiger partial charge is 0.222 e. The van der Waals surface area contributed by atoms with Gasteiger partial charge in [-0.2, -0.15) is 0 Å². The zero-order chi connectivity index (χ0) is 14.7. The average molecular weight is 284 g/mol. The van der Waals surface area contributed by atoms with E-state index in [2.05, 4.69) is 16.4 Å². The second kappa shape index (κ2) is 6.14. The highest BCUT2D eigenvalue weighted by Gasteiger charge is 2.20. The average Bonchev–Trinajstić information content (AvgIpc) is 3.33. The third kappa shape index (κ3) is 3.73. The fourth-order valence-electron chi connectivity index (χ4n) is 2.13. The van der Waals surface area contributed by atoms with E-state index < -0.39 is 0 Å². The van der Waals surface area contributed by atoms with E-state index >= 15 is 0 Å². The zero-order valence-electron chi connectivity index (χ0n) is 12.4. The molecule has 3 rings (SSSR count). The Morgan fingerprint density at radius 3 is 2.52 bits per heavy atom. The molecular formula is C17H20N2O2. The van der Waals surface area contributed by atoms with Crippen molar-refractivity contribution in [3.8, 4) is 17.4 Å². The number of aromatic nitrogens is 1. The number of ether oxygens (including phenoxy) is 2. The van der Waals surface area contributed by atoms with Crippen molar-refractivity contribution in [2.45, 2.75) is 32.4 Å². The molecule has 4 heteroatoms. The van der Waals surface area contributed by atoms with Crippen LogP contribution in [0.15, 0.2) is 36.5 Å². The molecule has 1 fully saturated rings. The quantitative estimate of drug-likeness (QED) is 0.882. The van der Waals surface area contributed by atoms with E-state index in [0.29, 0.717) is 11.9 Å². The van der Waals surface area contributed by atoms with Gasteiger partial charge in [-0.3, -0.25) is 0 Å². The molecule has 0 aliphatic heterocycles. The Kier molecular flexibility index (Phi) is 4.06. The number of hydrogen-bond donors (Lipinski definition) is 1. The fraction of sp³-hybridized carbons (Fsp3) is 0.353. The van der Waals surface area contributed by atoms with Gasteiger partial charge in [-0.25, -0.2) is 4.98 Å². The summed E-state index contributed by atoms with van der Waals surface area (Å²) in [6.45, 7) is 2.90. The predicted octanol–water partition coefficient (Wildman–Crippen LogP) is 3.44. The Labute approximate surface area is 125 Å². The summed E-state index contributed by atoms with van der Waals surface area (Å²) in [5, 5.41) is 3.49. The lowest BCUT2D eigenvalue weighted by molar-refractivity contribution is 0.412. The van der Waals surface area contributed by atoms with E-state index in [1.165, 1.54) is 18.4 Å². The van der Waals surface area contributed by atoms with E-state index in [1.807, 2.05) is 37.4 Å². The summed E-state index contributed by atoms with van der Waals surface area (Å²) in [6, 6.07) is 10.3. The number of aryl methyl sites for hydroxylation is 1. The molecule has 0 unspecified atom stereocenters. The topological polar surface area (TPSA) is 43.4 Å². The summed E-state index contributed by atoms with van der Waals surface area (Å²) in [6.07, 6.45) is 4.47. The second-order valence-electron chi connectivity index (χ2n) is 5.40. The van der Waals surface area contributed by atoms with Crippen molar-refractivity contribution in [3.63, 3.8) is 0 Å². The molecule has 21 heavy (non-hydrogen) atoms. The van der Waals surface area contributed by atoms with Gasteiger partial charge in [0.2, 0.25) is 5.88 Å². The maximum atomic E-state index is 5.81. The highest BCUT2D eigenvalue weighted by Crippen LogP contribution is 2.25. The van der Waals surface area contributed by atoms with Crippen molar-refractivity contribution in [1.82, 2.24) is 10.3 Å². The number of methoxy groups -OCH3 is 1. The molecule has 0 saturated heterocycles. The molecule has 2 aromatic rings. The van der Waals surface area contributed by atoms with Crippen LogP contribution < -0.4 is 14.8 Å². The molecule has 0 bridgehead atoms. The maximum Gasteiger partial charge on any atom is 0.222 e. The van der Waals surface area contributed by atoms with Gasteiger partial charge in [0, 0.05) is 24.3 Å². The van der Waals surface area contributed by atoms with E-state index in [9.17, 15) is 0 Å². The molecule has 1 aliphatic rings. The van der Waals surface area contributed by atoms with E-state index in [-0.39, 0.29) is 0 Å². The summed E-state index contributed by atoms with van der Waals surface area (Å²) in [7, 11) is 1.65. The first kappa shape index (κ1) is 13.9. The lowest BCUT2D eigenvalue weighted by Gasteiger charge is -2.10. The van der Waals surface area contributed by atoms with Crippen LogP contribution in [0.3, 0.4) is 0 Å². The summed E-state index contributed by atoms with van der Waals surface area (Å²) in [5.74, 6) is 2.22. The van der Waals surface area contributed by atoms with Crippen LogP contribution >= 0.6 is 0 Å². The second-order valence-corrected chi connectivity index (χ2v) is 5.40. The minimum absolute atomic E-state index is 0.648. The molecule has 1 saturated carbocycles. The first-order chi connectivity index (χ1) is 10.2. The van der Waals surface area contributed by atoms with Crippen LogP contribution in [0.25, 0.3) is 0 Å². The van der Waals surface area contributed by atoms with Gasteiger partial charge < -0.3 is 14.8 Å². The van der Waals surface area contributed by atoms with Crippen molar-refractivity contribution in [1.29, 1.82) is 0 Å². The molecule has 1 aromatic heterocycles. The SMILES string of the molecule is COc1ccc(Oc2ncc(CNC3CC3)cc2C)cc1. The summed E-state index contributed by atoms with van der Waals surface area (Å²) in [5.41, 5.74) is 2.24. The minimum Gasteiger partial charge on any atom is -0.497 e.